The van der Waals surface area contributed by atoms with E-state index in [1.165, 1.54) is 17.2 Å². The second kappa shape index (κ2) is 12.5. The zero-order chi connectivity index (χ0) is 27.1. The van der Waals surface area contributed by atoms with Crippen molar-refractivity contribution in [3.05, 3.63) is 81.6 Å². The predicted octanol–water partition coefficient (Wildman–Crippen LogP) is 3.25. The number of amides is 2. The van der Waals surface area contributed by atoms with Crippen LogP contribution in [0.5, 0.6) is 0 Å². The Balaban J connectivity index is 1.51. The molecule has 9 heteroatoms. The number of hydrogen-bond acceptors (Lipinski definition) is 6. The maximum Gasteiger partial charge on any atom is 0.264 e. The maximum absolute atomic E-state index is 13.4. The lowest BCUT2D eigenvalue weighted by Gasteiger charge is -2.32. The number of benzene rings is 2. The van der Waals surface area contributed by atoms with Gasteiger partial charge in [-0.15, -0.1) is 0 Å². The Morgan fingerprint density at radius 2 is 1.76 bits per heavy atom. The highest BCUT2D eigenvalue weighted by Gasteiger charge is 2.27. The van der Waals surface area contributed by atoms with Crippen LogP contribution < -0.4 is 15.8 Å². The number of carbonyl (C=O) groups is 2. The molecule has 9 nitrogen and oxygen atoms in total. The Bertz CT molecular complexity index is 1290. The first kappa shape index (κ1) is 27.1. The Kier molecular flexibility index (Phi) is 8.91. The van der Waals surface area contributed by atoms with Gasteiger partial charge in [0.1, 0.15) is 0 Å². The molecular formula is C29H36N6O3. The summed E-state index contributed by atoms with van der Waals surface area (Å²) >= 11 is 0. The van der Waals surface area contributed by atoms with Gasteiger partial charge in [-0.05, 0) is 48.2 Å². The van der Waals surface area contributed by atoms with Gasteiger partial charge in [-0.3, -0.25) is 19.4 Å². The number of nitrogens with one attached hydrogen (secondary N) is 2. The fraction of sp³-hybridized carbons (Fsp3) is 0.379. The van der Waals surface area contributed by atoms with E-state index in [-0.39, 0.29) is 30.5 Å². The molecule has 0 bridgehead atoms. The third kappa shape index (κ3) is 6.66. The lowest BCUT2D eigenvalue weighted by atomic mass is 10.1. The Morgan fingerprint density at radius 1 is 1.03 bits per heavy atom. The minimum atomic E-state index is -0.262. The minimum Gasteiger partial charge on any atom is -0.355 e. The smallest absolute Gasteiger partial charge is 0.264 e. The van der Waals surface area contributed by atoms with Gasteiger partial charge < -0.3 is 10.2 Å². The van der Waals surface area contributed by atoms with Gasteiger partial charge in [0.25, 0.3) is 11.5 Å². The van der Waals surface area contributed by atoms with Gasteiger partial charge >= 0.3 is 0 Å². The third-order valence-electron chi connectivity index (χ3n) is 6.88. The van der Waals surface area contributed by atoms with E-state index in [4.69, 9.17) is 0 Å². The van der Waals surface area contributed by atoms with Gasteiger partial charge in [0.2, 0.25) is 5.91 Å². The summed E-state index contributed by atoms with van der Waals surface area (Å²) < 4.78 is 0. The molecule has 0 saturated carbocycles. The van der Waals surface area contributed by atoms with Crippen LogP contribution in [0.15, 0.2) is 59.4 Å². The standard InChI is InChI=1S/C29H36N6O3/c1-4-5-8-15-30-28(37)19-34(20-29(38)33(3)35-17-23-9-6-7-10-24(23)18-35)26-13-11-22(16-21(26)2)25-12-14-27(36)32-31-25/h6-7,9-14,16H,4-5,8,15,17-20H2,1-3H3,(H,30,37)(H,32,36). The molecule has 0 fully saturated rings. The summed E-state index contributed by atoms with van der Waals surface area (Å²) in [4.78, 5) is 39.5. The summed E-state index contributed by atoms with van der Waals surface area (Å²) in [6.45, 7) is 6.18. The molecule has 200 valence electrons. The van der Waals surface area contributed by atoms with Crippen LogP contribution >= 0.6 is 0 Å². The van der Waals surface area contributed by atoms with Crippen molar-refractivity contribution in [2.45, 2.75) is 46.2 Å². The molecule has 1 aromatic heterocycles. The molecule has 0 aliphatic carbocycles. The summed E-state index contributed by atoms with van der Waals surface area (Å²) in [5.41, 5.74) is 5.36. The first-order valence-electron chi connectivity index (χ1n) is 13.1. The molecule has 38 heavy (non-hydrogen) atoms. The van der Waals surface area contributed by atoms with Crippen molar-refractivity contribution in [1.29, 1.82) is 0 Å². The lowest BCUT2D eigenvalue weighted by Crippen LogP contribution is -2.48. The molecular weight excluding hydrogens is 480 g/mol. The first-order chi connectivity index (χ1) is 18.4. The minimum absolute atomic E-state index is 0.0584. The van der Waals surface area contributed by atoms with Crippen molar-refractivity contribution in [2.75, 3.05) is 31.6 Å². The van der Waals surface area contributed by atoms with E-state index in [9.17, 15) is 14.4 Å². The molecule has 2 amide bonds. The number of anilines is 1. The zero-order valence-electron chi connectivity index (χ0n) is 22.4. The van der Waals surface area contributed by atoms with Crippen LogP contribution in [-0.2, 0) is 22.7 Å². The maximum atomic E-state index is 13.4. The van der Waals surface area contributed by atoms with E-state index in [1.807, 2.05) is 47.2 Å². The highest BCUT2D eigenvalue weighted by molar-refractivity contribution is 5.87. The topological polar surface area (TPSA) is 102 Å². The molecule has 3 aromatic rings. The average molecular weight is 517 g/mol. The van der Waals surface area contributed by atoms with Crippen LogP contribution in [-0.4, -0.2) is 58.7 Å². The Hall–Kier alpha value is -3.98. The molecule has 1 aliphatic rings. The zero-order valence-corrected chi connectivity index (χ0v) is 22.4. The predicted molar refractivity (Wildman–Crippen MR) is 148 cm³/mol. The summed E-state index contributed by atoms with van der Waals surface area (Å²) in [6, 6.07) is 17.1. The Morgan fingerprint density at radius 3 is 2.39 bits per heavy atom. The molecule has 0 spiro atoms. The fourth-order valence-corrected chi connectivity index (χ4v) is 4.68. The van der Waals surface area contributed by atoms with Gasteiger partial charge in [-0.1, -0.05) is 50.1 Å². The lowest BCUT2D eigenvalue weighted by molar-refractivity contribution is -0.145. The number of likely N-dealkylation sites (N-methyl/N-ethyl adjacent to an activating group) is 1. The molecule has 2 heterocycles. The normalized spacial score (nSPS) is 12.7. The number of aryl methyl sites for hydroxylation is 1. The quantitative estimate of drug-likeness (QED) is 0.380. The number of hydrogen-bond donors (Lipinski definition) is 2. The number of H-pyrrole nitrogens is 1. The van der Waals surface area contributed by atoms with Crippen LogP contribution in [0.3, 0.4) is 0 Å². The van der Waals surface area contributed by atoms with Crippen molar-refractivity contribution in [2.24, 2.45) is 0 Å². The van der Waals surface area contributed by atoms with Crippen molar-refractivity contribution < 1.29 is 9.59 Å². The number of unbranched alkanes of at least 4 members (excludes halogenated alkanes) is 2. The number of hydrazine groups is 1. The van der Waals surface area contributed by atoms with Crippen LogP contribution in [0, 0.1) is 6.92 Å². The molecule has 2 N–H and O–H groups in total. The van der Waals surface area contributed by atoms with Crippen LogP contribution in [0.4, 0.5) is 5.69 Å². The summed E-state index contributed by atoms with van der Waals surface area (Å²) in [5.74, 6) is -0.210. The van der Waals surface area contributed by atoms with Crippen molar-refractivity contribution in [3.8, 4) is 11.3 Å². The van der Waals surface area contributed by atoms with Crippen LogP contribution in [0.2, 0.25) is 0 Å². The van der Waals surface area contributed by atoms with Crippen molar-refractivity contribution in [3.63, 3.8) is 0 Å². The summed E-state index contributed by atoms with van der Waals surface area (Å²) in [5, 5.41) is 13.2. The van der Waals surface area contributed by atoms with E-state index in [0.717, 1.165) is 36.1 Å². The first-order valence-corrected chi connectivity index (χ1v) is 13.1. The molecule has 1 aliphatic heterocycles. The van der Waals surface area contributed by atoms with Gasteiger partial charge in [0.05, 0.1) is 18.8 Å². The third-order valence-corrected chi connectivity index (χ3v) is 6.88. The summed E-state index contributed by atoms with van der Waals surface area (Å²) in [7, 11) is 1.79. The van der Waals surface area contributed by atoms with E-state index < -0.39 is 0 Å². The molecule has 4 rings (SSSR count). The second-order valence-corrected chi connectivity index (χ2v) is 9.73. The monoisotopic (exact) mass is 516 g/mol. The molecule has 2 aromatic carbocycles. The summed E-state index contributed by atoms with van der Waals surface area (Å²) in [6.07, 6.45) is 3.07. The van der Waals surface area contributed by atoms with E-state index in [1.54, 1.807) is 18.1 Å². The van der Waals surface area contributed by atoms with Crippen LogP contribution in [0.1, 0.15) is 42.9 Å². The largest absolute Gasteiger partial charge is 0.355 e. The number of rotatable bonds is 11. The number of aromatic nitrogens is 2. The van der Waals surface area contributed by atoms with Gasteiger partial charge in [0.15, 0.2) is 0 Å². The average Bonchev–Trinajstić information content (AvgIpc) is 3.35. The highest BCUT2D eigenvalue weighted by Crippen LogP contribution is 2.27. The number of carbonyl (C=O) groups excluding carboxylic acids is 2. The van der Waals surface area contributed by atoms with Crippen LogP contribution in [0.25, 0.3) is 11.3 Å². The Labute approximate surface area is 223 Å². The highest BCUT2D eigenvalue weighted by atomic mass is 16.2. The van der Waals surface area contributed by atoms with Gasteiger partial charge in [-0.2, -0.15) is 5.10 Å². The number of fused-ring (bicyclic) bond motifs is 1. The molecule has 0 atom stereocenters. The number of aromatic amines is 1. The fourth-order valence-electron chi connectivity index (χ4n) is 4.68. The number of nitrogens with zero attached hydrogens (tertiary/aromatic N) is 4. The van der Waals surface area contributed by atoms with Gasteiger partial charge in [-0.25, -0.2) is 10.1 Å². The SMILES string of the molecule is CCCCCNC(=O)CN(CC(=O)N(C)N1Cc2ccccc2C1)c1ccc(-c2ccc(=O)[nH]n2)cc1C. The van der Waals surface area contributed by atoms with E-state index in [2.05, 4.69) is 34.6 Å². The molecule has 0 radical (unpaired) electrons. The second-order valence-electron chi connectivity index (χ2n) is 9.73. The van der Waals surface area contributed by atoms with Gasteiger partial charge in [0, 0.05) is 44.0 Å². The van der Waals surface area contributed by atoms with Crippen molar-refractivity contribution >= 4 is 17.5 Å². The molecule has 0 unspecified atom stereocenters. The van der Waals surface area contributed by atoms with E-state index in [0.29, 0.717) is 25.3 Å². The van der Waals surface area contributed by atoms with E-state index >= 15 is 0 Å². The van der Waals surface area contributed by atoms with Crippen molar-refractivity contribution in [1.82, 2.24) is 25.5 Å². The molecule has 0 saturated heterocycles.